The van der Waals surface area contributed by atoms with Gasteiger partial charge < -0.3 is 6.92 Å². The summed E-state index contributed by atoms with van der Waals surface area (Å²) in [4.78, 5) is 0. The van der Waals surface area contributed by atoms with Crippen LogP contribution in [0.1, 0.15) is 30.2 Å². The van der Waals surface area contributed by atoms with E-state index in [1.807, 2.05) is 13.0 Å². The normalized spacial score (nSPS) is 10.6. The minimum absolute atomic E-state index is 0. The molecular formula is C25H25NY2-2. The molecule has 0 spiro atoms. The molecular weight excluding hydrogens is 492 g/mol. The maximum Gasteiger partial charge on any atom is 0.147 e. The van der Waals surface area contributed by atoms with E-state index in [4.69, 9.17) is 0 Å². The summed E-state index contributed by atoms with van der Waals surface area (Å²) in [5.74, 6) is 0. The Morgan fingerprint density at radius 2 is 1.75 bits per heavy atom. The van der Waals surface area contributed by atoms with Crippen molar-refractivity contribution < 1.29 is 69.8 Å². The molecule has 2 heterocycles. The molecule has 4 rings (SSSR count). The van der Waals surface area contributed by atoms with Gasteiger partial charge in [0.05, 0.1) is 0 Å². The van der Waals surface area contributed by atoms with Crippen molar-refractivity contribution in [1.29, 1.82) is 0 Å². The smallest absolute Gasteiger partial charge is 0.147 e. The molecule has 0 amide bonds. The fourth-order valence-electron chi connectivity index (χ4n) is 2.97. The van der Waals surface area contributed by atoms with E-state index >= 15 is 0 Å². The van der Waals surface area contributed by atoms with Crippen LogP contribution >= 0.6 is 0 Å². The van der Waals surface area contributed by atoms with Crippen molar-refractivity contribution in [3.63, 3.8) is 0 Å². The number of hydrogen-bond acceptors (Lipinski definition) is 0. The molecule has 0 bridgehead atoms. The summed E-state index contributed by atoms with van der Waals surface area (Å²) in [5.41, 5.74) is 6.29. The van der Waals surface area contributed by atoms with Crippen molar-refractivity contribution >= 4 is 22.4 Å². The summed E-state index contributed by atoms with van der Waals surface area (Å²) in [7, 11) is 0. The van der Waals surface area contributed by atoms with Crippen LogP contribution in [-0.4, -0.2) is 0 Å². The molecule has 28 heavy (non-hydrogen) atoms. The number of aryl methyl sites for hydroxylation is 2. The zero-order valence-electron chi connectivity index (χ0n) is 16.9. The van der Waals surface area contributed by atoms with E-state index in [-0.39, 0.29) is 65.4 Å². The summed E-state index contributed by atoms with van der Waals surface area (Å²) in [6, 6.07) is 24.1. The first-order valence-electron chi connectivity index (χ1n) is 8.99. The third-order valence-electron chi connectivity index (χ3n) is 4.50. The molecule has 0 N–H and O–H groups in total. The molecule has 2 aromatic heterocycles. The van der Waals surface area contributed by atoms with Crippen LogP contribution < -0.4 is 4.40 Å². The van der Waals surface area contributed by atoms with E-state index in [1.54, 1.807) is 0 Å². The van der Waals surface area contributed by atoms with Gasteiger partial charge in [-0.25, -0.2) is 4.40 Å². The zero-order valence-corrected chi connectivity index (χ0v) is 22.6. The SMILES string of the molecule is Cc1[c-]cc(C)cc1.[CH2-]C/C(C)=C\[c-]1c2ccccc2c2cccc[n+]21.[Y].[Y]. The van der Waals surface area contributed by atoms with Crippen molar-refractivity contribution in [3.05, 3.63) is 102 Å². The molecule has 1 nitrogen and oxygen atoms in total. The molecule has 2 aromatic carbocycles. The molecule has 0 saturated heterocycles. The van der Waals surface area contributed by atoms with Crippen LogP contribution in [-0.2, 0) is 65.4 Å². The van der Waals surface area contributed by atoms with Gasteiger partial charge in [-0.05, 0) is 29.0 Å². The summed E-state index contributed by atoms with van der Waals surface area (Å²) in [5, 5.41) is 2.61. The van der Waals surface area contributed by atoms with Gasteiger partial charge in [-0.1, -0.05) is 45.0 Å². The third kappa shape index (κ3) is 6.20. The Morgan fingerprint density at radius 1 is 1.04 bits per heavy atom. The van der Waals surface area contributed by atoms with E-state index in [9.17, 15) is 0 Å². The van der Waals surface area contributed by atoms with E-state index in [0.29, 0.717) is 0 Å². The molecule has 0 aliphatic heterocycles. The first-order chi connectivity index (χ1) is 12.6. The van der Waals surface area contributed by atoms with Crippen molar-refractivity contribution in [2.45, 2.75) is 27.2 Å². The minimum atomic E-state index is 0. The minimum Gasteiger partial charge on any atom is -0.345 e. The maximum absolute atomic E-state index is 3.95. The second kappa shape index (κ2) is 12.2. The summed E-state index contributed by atoms with van der Waals surface area (Å²) < 4.78 is 2.25. The van der Waals surface area contributed by atoms with Crippen molar-refractivity contribution in [3.8, 4) is 0 Å². The van der Waals surface area contributed by atoms with Crippen LogP contribution in [0.25, 0.3) is 22.4 Å². The molecule has 0 aliphatic rings. The number of pyridine rings is 1. The Balaban J connectivity index is 0.000000336. The van der Waals surface area contributed by atoms with Gasteiger partial charge in [0.2, 0.25) is 0 Å². The van der Waals surface area contributed by atoms with Crippen LogP contribution in [0.4, 0.5) is 0 Å². The zero-order chi connectivity index (χ0) is 18.5. The molecule has 0 saturated carbocycles. The summed E-state index contributed by atoms with van der Waals surface area (Å²) >= 11 is 0. The topological polar surface area (TPSA) is 4.10 Å². The molecule has 0 fully saturated rings. The predicted octanol–water partition coefficient (Wildman–Crippen LogP) is 6.02. The van der Waals surface area contributed by atoms with Crippen LogP contribution in [0, 0.1) is 26.8 Å². The Kier molecular flexibility index (Phi) is 11.1. The maximum atomic E-state index is 3.95. The van der Waals surface area contributed by atoms with Gasteiger partial charge in [0, 0.05) is 65.4 Å². The van der Waals surface area contributed by atoms with Gasteiger partial charge in [0.1, 0.15) is 17.4 Å². The Morgan fingerprint density at radius 3 is 2.39 bits per heavy atom. The van der Waals surface area contributed by atoms with Gasteiger partial charge in [-0.15, -0.1) is 11.6 Å². The number of rotatable bonds is 2. The van der Waals surface area contributed by atoms with Crippen molar-refractivity contribution in [2.24, 2.45) is 0 Å². The Hall–Kier alpha value is -0.592. The number of benzene rings is 2. The quantitative estimate of drug-likeness (QED) is 0.226. The van der Waals surface area contributed by atoms with Gasteiger partial charge >= 0.3 is 0 Å². The Labute approximate surface area is 219 Å². The molecule has 2 radical (unpaired) electrons. The van der Waals surface area contributed by atoms with E-state index in [2.05, 4.69) is 98.1 Å². The standard InChI is InChI=1S/C17H16N.C8H9.2Y/c1-3-13(2)12-17-15-9-5-4-8-14(15)16-10-6-7-11-18(16)17;1-7-3-5-8(2)6-4-7;;/h4-12H,1,3H2,2H3;3-5H,1-2H3;;/q2*-1;;/b13-12-;;;. The molecule has 0 aliphatic carbocycles. The molecule has 0 atom stereocenters. The van der Waals surface area contributed by atoms with Crippen LogP contribution in [0.3, 0.4) is 0 Å². The van der Waals surface area contributed by atoms with Crippen LogP contribution in [0.5, 0.6) is 0 Å². The number of fused-ring (bicyclic) bond motifs is 3. The van der Waals surface area contributed by atoms with Crippen molar-refractivity contribution in [2.75, 3.05) is 0 Å². The average molecular weight is 517 g/mol. The number of nitrogens with zero attached hydrogens (tertiary/aromatic N) is 1. The monoisotopic (exact) mass is 517 g/mol. The average Bonchev–Trinajstić information content (AvgIpc) is 2.99. The second-order valence-electron chi connectivity index (χ2n) is 6.68. The second-order valence-corrected chi connectivity index (χ2v) is 6.68. The third-order valence-corrected chi connectivity index (χ3v) is 4.50. The van der Waals surface area contributed by atoms with Gasteiger partial charge in [-0.3, -0.25) is 0 Å². The van der Waals surface area contributed by atoms with Gasteiger partial charge in [0.15, 0.2) is 0 Å². The first kappa shape index (κ1) is 25.4. The number of aromatic nitrogens is 1. The van der Waals surface area contributed by atoms with Gasteiger partial charge in [-0.2, -0.15) is 41.8 Å². The van der Waals surface area contributed by atoms with E-state index in [1.165, 1.54) is 38.7 Å². The summed E-state index contributed by atoms with van der Waals surface area (Å²) in [6.45, 7) is 10.2. The fourth-order valence-corrected chi connectivity index (χ4v) is 2.97. The molecule has 3 heteroatoms. The molecule has 0 unspecified atom stereocenters. The van der Waals surface area contributed by atoms with Crippen LogP contribution in [0.2, 0.25) is 0 Å². The first-order valence-corrected chi connectivity index (χ1v) is 8.99. The largest absolute Gasteiger partial charge is 0.345 e. The van der Waals surface area contributed by atoms with Crippen LogP contribution in [0.15, 0.2) is 72.4 Å². The predicted molar refractivity (Wildman–Crippen MR) is 111 cm³/mol. The number of allylic oxidation sites excluding steroid dienone is 1. The molecule has 4 aromatic rings. The molecule has 138 valence electrons. The Bertz CT molecular complexity index is 969. The fraction of sp³-hybridized carbons (Fsp3) is 0.160. The van der Waals surface area contributed by atoms with E-state index < -0.39 is 0 Å². The van der Waals surface area contributed by atoms with Gasteiger partial charge in [0.25, 0.3) is 0 Å². The van der Waals surface area contributed by atoms with E-state index in [0.717, 1.165) is 6.42 Å². The van der Waals surface area contributed by atoms with Crippen molar-refractivity contribution in [1.82, 2.24) is 0 Å². The summed E-state index contributed by atoms with van der Waals surface area (Å²) in [6.07, 6.45) is 5.20. The number of hydrogen-bond donors (Lipinski definition) is 0.